The summed E-state index contributed by atoms with van der Waals surface area (Å²) in [7, 11) is 0. The lowest BCUT2D eigenvalue weighted by molar-refractivity contribution is 0.304. The van der Waals surface area contributed by atoms with E-state index in [9.17, 15) is 0 Å². The van der Waals surface area contributed by atoms with E-state index in [1.807, 2.05) is 30.3 Å². The van der Waals surface area contributed by atoms with Gasteiger partial charge >= 0.3 is 0 Å². The molecule has 0 fully saturated rings. The van der Waals surface area contributed by atoms with Crippen molar-refractivity contribution in [2.45, 2.75) is 71.1 Å². The molecule has 0 unspecified atom stereocenters. The summed E-state index contributed by atoms with van der Waals surface area (Å²) in [6.07, 6.45) is 8.28. The van der Waals surface area contributed by atoms with Gasteiger partial charge in [0.2, 0.25) is 0 Å². The Labute approximate surface area is 181 Å². The lowest BCUT2D eigenvalue weighted by Gasteiger charge is -2.19. The minimum atomic E-state index is 0.190. The van der Waals surface area contributed by atoms with Crippen LogP contribution < -0.4 is 10.5 Å². The molecule has 1 heterocycles. The number of aromatic nitrogens is 1. The van der Waals surface area contributed by atoms with Crippen LogP contribution in [0.3, 0.4) is 0 Å². The highest BCUT2D eigenvalue weighted by Gasteiger charge is 2.12. The SMILES string of the molecule is CC(C)(C)c1ccc(OCCCCCCCCc2cc(N)c3ccccc3n2)cc1. The second kappa shape index (κ2) is 10.5. The number of aryl methyl sites for hydroxylation is 1. The van der Waals surface area contributed by atoms with E-state index in [1.54, 1.807) is 0 Å². The summed E-state index contributed by atoms with van der Waals surface area (Å²) < 4.78 is 5.89. The molecule has 0 aliphatic heterocycles. The molecule has 0 spiro atoms. The van der Waals surface area contributed by atoms with Gasteiger partial charge in [-0.1, -0.05) is 76.8 Å². The van der Waals surface area contributed by atoms with E-state index in [0.29, 0.717) is 0 Å². The van der Waals surface area contributed by atoms with Crippen LogP contribution in [0, 0.1) is 0 Å². The van der Waals surface area contributed by atoms with Crippen LogP contribution in [-0.2, 0) is 11.8 Å². The van der Waals surface area contributed by atoms with Gasteiger partial charge in [0, 0.05) is 16.8 Å². The van der Waals surface area contributed by atoms with Gasteiger partial charge in [-0.3, -0.25) is 4.98 Å². The lowest BCUT2D eigenvalue weighted by Crippen LogP contribution is -2.10. The number of para-hydroxylation sites is 1. The molecule has 0 amide bonds. The first kappa shape index (κ1) is 22.1. The van der Waals surface area contributed by atoms with E-state index in [-0.39, 0.29) is 5.41 Å². The number of nitrogen functional groups attached to an aromatic ring is 1. The monoisotopic (exact) mass is 404 g/mol. The molecule has 0 radical (unpaired) electrons. The fourth-order valence-corrected chi connectivity index (χ4v) is 3.74. The highest BCUT2D eigenvalue weighted by molar-refractivity contribution is 5.90. The second-order valence-corrected chi connectivity index (χ2v) is 9.21. The molecule has 2 aromatic carbocycles. The zero-order chi connectivity index (χ0) is 21.4. The van der Waals surface area contributed by atoms with Crippen molar-refractivity contribution < 1.29 is 4.74 Å². The molecule has 2 N–H and O–H groups in total. The maximum atomic E-state index is 6.17. The topological polar surface area (TPSA) is 48.1 Å². The molecule has 0 saturated carbocycles. The summed E-state index contributed by atoms with van der Waals surface area (Å²) in [4.78, 5) is 4.75. The zero-order valence-corrected chi connectivity index (χ0v) is 18.8. The van der Waals surface area contributed by atoms with E-state index < -0.39 is 0 Å². The van der Waals surface area contributed by atoms with E-state index in [1.165, 1.54) is 37.7 Å². The highest BCUT2D eigenvalue weighted by Crippen LogP contribution is 2.24. The Balaban J connectivity index is 1.27. The molecule has 1 aromatic heterocycles. The standard InChI is InChI=1S/C27H36N2O/c1-27(2,3)21-15-17-23(18-16-21)30-19-11-7-5-4-6-8-12-22-20-25(28)24-13-9-10-14-26(24)29-22/h9-10,13-18,20H,4-8,11-12,19H2,1-3H3,(H2,28,29). The van der Waals surface area contributed by atoms with Gasteiger partial charge in [0.15, 0.2) is 0 Å². The largest absolute Gasteiger partial charge is 0.494 e. The molecule has 30 heavy (non-hydrogen) atoms. The van der Waals surface area contributed by atoms with Crippen molar-refractivity contribution >= 4 is 16.6 Å². The number of anilines is 1. The molecule has 0 aliphatic carbocycles. The molecule has 0 saturated heterocycles. The van der Waals surface area contributed by atoms with Crippen LogP contribution in [0.5, 0.6) is 5.75 Å². The number of hydrogen-bond acceptors (Lipinski definition) is 3. The number of hydrogen-bond donors (Lipinski definition) is 1. The molecule has 3 rings (SSSR count). The Morgan fingerprint density at radius 3 is 2.23 bits per heavy atom. The van der Waals surface area contributed by atoms with Crippen LogP contribution in [-0.4, -0.2) is 11.6 Å². The number of nitrogens with two attached hydrogens (primary N) is 1. The fraction of sp³-hybridized carbons (Fsp3) is 0.444. The smallest absolute Gasteiger partial charge is 0.119 e. The maximum Gasteiger partial charge on any atom is 0.119 e. The molecule has 3 aromatic rings. The molecule has 3 heteroatoms. The maximum absolute atomic E-state index is 6.17. The van der Waals surface area contributed by atoms with Crippen LogP contribution in [0.4, 0.5) is 5.69 Å². The van der Waals surface area contributed by atoms with Crippen molar-refractivity contribution in [2.24, 2.45) is 0 Å². The normalized spacial score (nSPS) is 11.7. The summed E-state index contributed by atoms with van der Waals surface area (Å²) in [6, 6.07) is 18.7. The van der Waals surface area contributed by atoms with Crippen molar-refractivity contribution in [3.8, 4) is 5.75 Å². The first-order valence-corrected chi connectivity index (χ1v) is 11.3. The van der Waals surface area contributed by atoms with E-state index in [0.717, 1.165) is 47.5 Å². The average Bonchev–Trinajstić information content (AvgIpc) is 2.72. The zero-order valence-electron chi connectivity index (χ0n) is 18.8. The molecular formula is C27H36N2O. The first-order valence-electron chi connectivity index (χ1n) is 11.3. The molecule has 3 nitrogen and oxygen atoms in total. The quantitative estimate of drug-likeness (QED) is 0.367. The number of fused-ring (bicyclic) bond motifs is 1. The van der Waals surface area contributed by atoms with Crippen LogP contribution in [0.15, 0.2) is 54.6 Å². The molecule has 0 aliphatic rings. The Kier molecular flexibility index (Phi) is 7.73. The predicted octanol–water partition coefficient (Wildman–Crippen LogP) is 7.08. The van der Waals surface area contributed by atoms with Gasteiger partial charge in [-0.2, -0.15) is 0 Å². The van der Waals surface area contributed by atoms with Gasteiger partial charge in [0.05, 0.1) is 12.1 Å². The molecular weight excluding hydrogens is 368 g/mol. The number of benzene rings is 2. The Hall–Kier alpha value is -2.55. The first-order chi connectivity index (χ1) is 14.4. The van der Waals surface area contributed by atoms with Crippen molar-refractivity contribution in [2.75, 3.05) is 12.3 Å². The fourth-order valence-electron chi connectivity index (χ4n) is 3.74. The summed E-state index contributed by atoms with van der Waals surface area (Å²) in [5.74, 6) is 0.977. The third-order valence-corrected chi connectivity index (χ3v) is 5.62. The molecule has 0 bridgehead atoms. The Morgan fingerprint density at radius 2 is 1.50 bits per heavy atom. The van der Waals surface area contributed by atoms with Crippen LogP contribution in [0.1, 0.15) is 70.6 Å². The van der Waals surface area contributed by atoms with Gasteiger partial charge in [0.1, 0.15) is 5.75 Å². The Morgan fingerprint density at radius 1 is 0.833 bits per heavy atom. The third-order valence-electron chi connectivity index (χ3n) is 5.62. The third kappa shape index (κ3) is 6.48. The summed E-state index contributed by atoms with van der Waals surface area (Å²) in [5.41, 5.74) is 10.7. The number of nitrogens with zero attached hydrogens (tertiary/aromatic N) is 1. The predicted molar refractivity (Wildman–Crippen MR) is 128 cm³/mol. The van der Waals surface area contributed by atoms with Crippen LogP contribution in [0.25, 0.3) is 10.9 Å². The summed E-state index contributed by atoms with van der Waals surface area (Å²) in [5, 5.41) is 1.05. The van der Waals surface area contributed by atoms with E-state index in [2.05, 4.69) is 45.0 Å². The highest BCUT2D eigenvalue weighted by atomic mass is 16.5. The van der Waals surface area contributed by atoms with Gasteiger partial charge in [0.25, 0.3) is 0 Å². The summed E-state index contributed by atoms with van der Waals surface area (Å²) >= 11 is 0. The van der Waals surface area contributed by atoms with Crippen LogP contribution in [0.2, 0.25) is 0 Å². The van der Waals surface area contributed by atoms with Gasteiger partial charge in [-0.25, -0.2) is 0 Å². The van der Waals surface area contributed by atoms with Crippen molar-refractivity contribution in [1.82, 2.24) is 4.98 Å². The minimum absolute atomic E-state index is 0.190. The second-order valence-electron chi connectivity index (χ2n) is 9.21. The molecule has 0 atom stereocenters. The van der Waals surface area contributed by atoms with Gasteiger partial charge in [-0.05, 0) is 54.5 Å². The van der Waals surface area contributed by atoms with E-state index >= 15 is 0 Å². The number of pyridine rings is 1. The van der Waals surface area contributed by atoms with Crippen molar-refractivity contribution in [3.63, 3.8) is 0 Å². The average molecular weight is 405 g/mol. The van der Waals surface area contributed by atoms with Crippen LogP contribution >= 0.6 is 0 Å². The molecule has 160 valence electrons. The Bertz CT molecular complexity index is 926. The van der Waals surface area contributed by atoms with Crippen molar-refractivity contribution in [1.29, 1.82) is 0 Å². The lowest BCUT2D eigenvalue weighted by atomic mass is 9.87. The summed E-state index contributed by atoms with van der Waals surface area (Å²) in [6.45, 7) is 7.50. The number of unbranched alkanes of at least 4 members (excludes halogenated alkanes) is 5. The number of ether oxygens (including phenoxy) is 1. The number of rotatable bonds is 10. The van der Waals surface area contributed by atoms with Gasteiger partial charge < -0.3 is 10.5 Å². The van der Waals surface area contributed by atoms with Gasteiger partial charge in [-0.15, -0.1) is 0 Å². The minimum Gasteiger partial charge on any atom is -0.494 e. The van der Waals surface area contributed by atoms with E-state index in [4.69, 9.17) is 15.5 Å². The van der Waals surface area contributed by atoms with Crippen molar-refractivity contribution in [3.05, 3.63) is 65.9 Å².